The molecule has 1 amide bonds. The Morgan fingerprint density at radius 2 is 2.09 bits per heavy atom. The van der Waals surface area contributed by atoms with Gasteiger partial charge >= 0.3 is 0 Å². The maximum atomic E-state index is 11.0. The van der Waals surface area contributed by atoms with Crippen LogP contribution in [0.15, 0.2) is 0 Å². The lowest BCUT2D eigenvalue weighted by Crippen LogP contribution is -2.44. The number of hydrogen-bond acceptors (Lipinski definition) is 2. The van der Waals surface area contributed by atoms with Crippen LogP contribution in [0.1, 0.15) is 6.42 Å². The molecule has 1 aliphatic rings. The second-order valence-corrected chi connectivity index (χ2v) is 3.02. The normalized spacial score (nSPS) is 16.5. The fraction of sp³-hybridized carbons (Fsp3) is 0.857. The summed E-state index contributed by atoms with van der Waals surface area (Å²) in [4.78, 5) is 12.7. The number of nitrogens with zero attached hydrogens (tertiary/aromatic N) is 1. The Kier molecular flexibility index (Phi) is 4.45. The Morgan fingerprint density at radius 1 is 1.55 bits per heavy atom. The molecule has 1 heterocycles. The van der Waals surface area contributed by atoms with Gasteiger partial charge in [-0.2, -0.15) is 0 Å². The number of halogens is 1. The Labute approximate surface area is 73.5 Å². The summed E-state index contributed by atoms with van der Waals surface area (Å²) in [5.74, 6) is 0.835. The molecule has 0 aromatic carbocycles. The first-order chi connectivity index (χ1) is 4.70. The number of carbonyl (C=O) groups excluding carboxylic acids is 1. The molecule has 1 saturated heterocycles. The Bertz CT molecular complexity index is 134. The number of hydrogen-bond donors (Lipinski definition) is 1. The van der Waals surface area contributed by atoms with E-state index < -0.39 is 0 Å². The van der Waals surface area contributed by atoms with E-state index in [0.29, 0.717) is 12.3 Å². The molecule has 4 heteroatoms. The summed E-state index contributed by atoms with van der Waals surface area (Å²) in [5, 5.41) is 3.13. The van der Waals surface area contributed by atoms with E-state index in [9.17, 15) is 4.79 Å². The summed E-state index contributed by atoms with van der Waals surface area (Å²) >= 11 is 0. The molecule has 3 nitrogen and oxygen atoms in total. The van der Waals surface area contributed by atoms with Gasteiger partial charge in [0.05, 0.1) is 0 Å². The number of rotatable bonds is 2. The van der Waals surface area contributed by atoms with Crippen molar-refractivity contribution < 1.29 is 4.79 Å². The van der Waals surface area contributed by atoms with Crippen molar-refractivity contribution in [1.82, 2.24) is 10.2 Å². The fourth-order valence-electron chi connectivity index (χ4n) is 0.922. The van der Waals surface area contributed by atoms with Crippen LogP contribution in [0.2, 0.25) is 0 Å². The lowest BCUT2D eigenvalue weighted by molar-refractivity contribution is -0.130. The molecule has 1 aliphatic heterocycles. The lowest BCUT2D eigenvalue weighted by Gasteiger charge is -2.27. The summed E-state index contributed by atoms with van der Waals surface area (Å²) < 4.78 is 0. The third-order valence-corrected chi connectivity index (χ3v) is 1.83. The van der Waals surface area contributed by atoms with E-state index in [1.807, 2.05) is 0 Å². The first-order valence-electron chi connectivity index (χ1n) is 3.61. The van der Waals surface area contributed by atoms with E-state index in [-0.39, 0.29) is 18.3 Å². The molecule has 1 N–H and O–H groups in total. The number of amides is 1. The van der Waals surface area contributed by atoms with Crippen LogP contribution < -0.4 is 5.32 Å². The quantitative estimate of drug-likeness (QED) is 0.651. The van der Waals surface area contributed by atoms with E-state index in [1.165, 1.54) is 0 Å². The predicted octanol–water partition coefficient (Wildman–Crippen LogP) is 0.106. The third kappa shape index (κ3) is 3.08. The zero-order valence-corrected chi connectivity index (χ0v) is 7.78. The lowest BCUT2D eigenvalue weighted by atomic mass is 9.99. The summed E-state index contributed by atoms with van der Waals surface area (Å²) in [7, 11) is 3.60. The molecule has 0 spiro atoms. The highest BCUT2D eigenvalue weighted by molar-refractivity contribution is 5.85. The molecule has 0 bridgehead atoms. The van der Waals surface area contributed by atoms with Crippen LogP contribution in [0.4, 0.5) is 0 Å². The van der Waals surface area contributed by atoms with Crippen LogP contribution in [0.25, 0.3) is 0 Å². The van der Waals surface area contributed by atoms with Gasteiger partial charge < -0.3 is 10.2 Å². The summed E-state index contributed by atoms with van der Waals surface area (Å²) in [6.07, 6.45) is 0.708. The largest absolute Gasteiger partial charge is 0.349 e. The Morgan fingerprint density at radius 3 is 2.36 bits per heavy atom. The standard InChI is InChI=1S/C7H14N2O.ClH/c1-9(2)7(10)3-6-4-8-5-6;/h6,8H,3-5H2,1-2H3;1H. The molecule has 0 aliphatic carbocycles. The average molecular weight is 179 g/mol. The molecule has 0 unspecified atom stereocenters. The average Bonchev–Trinajstić information content (AvgIpc) is 1.77. The smallest absolute Gasteiger partial charge is 0.222 e. The SMILES string of the molecule is CN(C)C(=O)CC1CNC1.Cl. The van der Waals surface area contributed by atoms with Crippen molar-refractivity contribution >= 4 is 18.3 Å². The summed E-state index contributed by atoms with van der Waals surface area (Å²) in [6.45, 7) is 2.03. The highest BCUT2D eigenvalue weighted by Gasteiger charge is 2.20. The van der Waals surface area contributed by atoms with Crippen molar-refractivity contribution in [2.24, 2.45) is 5.92 Å². The van der Waals surface area contributed by atoms with Gasteiger partial charge in [-0.25, -0.2) is 0 Å². The highest BCUT2D eigenvalue weighted by atomic mass is 35.5. The van der Waals surface area contributed by atoms with Crippen molar-refractivity contribution in [2.75, 3.05) is 27.2 Å². The molecule has 0 aromatic heterocycles. The molecule has 0 atom stereocenters. The van der Waals surface area contributed by atoms with Crippen LogP contribution in [-0.2, 0) is 4.79 Å². The molecule has 1 rings (SSSR count). The molecule has 0 aromatic rings. The van der Waals surface area contributed by atoms with Gasteiger partial charge in [0.15, 0.2) is 0 Å². The van der Waals surface area contributed by atoms with E-state index in [1.54, 1.807) is 19.0 Å². The van der Waals surface area contributed by atoms with Gasteiger partial charge in [0.1, 0.15) is 0 Å². The minimum Gasteiger partial charge on any atom is -0.349 e. The van der Waals surface area contributed by atoms with Gasteiger partial charge in [0.2, 0.25) is 5.91 Å². The van der Waals surface area contributed by atoms with Gasteiger partial charge in [0.25, 0.3) is 0 Å². The fourth-order valence-corrected chi connectivity index (χ4v) is 0.922. The molecule has 66 valence electrons. The van der Waals surface area contributed by atoms with Crippen molar-refractivity contribution in [1.29, 1.82) is 0 Å². The van der Waals surface area contributed by atoms with Crippen LogP contribution in [-0.4, -0.2) is 38.0 Å². The first-order valence-corrected chi connectivity index (χ1v) is 3.61. The predicted molar refractivity (Wildman–Crippen MR) is 46.9 cm³/mol. The van der Waals surface area contributed by atoms with Crippen LogP contribution in [0.5, 0.6) is 0 Å². The maximum absolute atomic E-state index is 11.0. The highest BCUT2D eigenvalue weighted by Crippen LogP contribution is 2.08. The monoisotopic (exact) mass is 178 g/mol. The van der Waals surface area contributed by atoms with Gasteiger partial charge in [-0.3, -0.25) is 4.79 Å². The third-order valence-electron chi connectivity index (χ3n) is 1.83. The van der Waals surface area contributed by atoms with Crippen LogP contribution in [0.3, 0.4) is 0 Å². The van der Waals surface area contributed by atoms with Crippen molar-refractivity contribution in [2.45, 2.75) is 6.42 Å². The van der Waals surface area contributed by atoms with E-state index in [4.69, 9.17) is 0 Å². The Hall–Kier alpha value is -0.280. The first kappa shape index (κ1) is 10.7. The van der Waals surface area contributed by atoms with Crippen LogP contribution in [0, 0.1) is 5.92 Å². The molecular weight excluding hydrogens is 164 g/mol. The molecule has 0 radical (unpaired) electrons. The van der Waals surface area contributed by atoms with E-state index >= 15 is 0 Å². The van der Waals surface area contributed by atoms with E-state index in [0.717, 1.165) is 13.1 Å². The van der Waals surface area contributed by atoms with Crippen LogP contribution >= 0.6 is 12.4 Å². The topological polar surface area (TPSA) is 32.3 Å². The molecular formula is C7H15ClN2O. The van der Waals surface area contributed by atoms with Crippen molar-refractivity contribution in [3.8, 4) is 0 Å². The van der Waals surface area contributed by atoms with Gasteiger partial charge in [-0.1, -0.05) is 0 Å². The van der Waals surface area contributed by atoms with Gasteiger partial charge in [-0.05, 0) is 19.0 Å². The van der Waals surface area contributed by atoms with Crippen molar-refractivity contribution in [3.63, 3.8) is 0 Å². The molecule has 0 saturated carbocycles. The second kappa shape index (κ2) is 4.57. The maximum Gasteiger partial charge on any atom is 0.222 e. The minimum absolute atomic E-state index is 0. The zero-order valence-electron chi connectivity index (χ0n) is 6.96. The van der Waals surface area contributed by atoms with E-state index in [2.05, 4.69) is 5.32 Å². The second-order valence-electron chi connectivity index (χ2n) is 3.02. The number of carbonyl (C=O) groups is 1. The molecule has 1 fully saturated rings. The van der Waals surface area contributed by atoms with Gasteiger partial charge in [-0.15, -0.1) is 12.4 Å². The Balaban J connectivity index is 0.000001000. The summed E-state index contributed by atoms with van der Waals surface area (Å²) in [6, 6.07) is 0. The van der Waals surface area contributed by atoms with Gasteiger partial charge in [0, 0.05) is 20.5 Å². The van der Waals surface area contributed by atoms with Crippen molar-refractivity contribution in [3.05, 3.63) is 0 Å². The minimum atomic E-state index is 0. The zero-order chi connectivity index (χ0) is 7.56. The summed E-state index contributed by atoms with van der Waals surface area (Å²) in [5.41, 5.74) is 0. The number of nitrogens with one attached hydrogen (secondary N) is 1. The molecule has 11 heavy (non-hydrogen) atoms.